The van der Waals surface area contributed by atoms with Crippen molar-refractivity contribution < 1.29 is 13.2 Å². The van der Waals surface area contributed by atoms with E-state index in [1.807, 2.05) is 6.07 Å². The summed E-state index contributed by atoms with van der Waals surface area (Å²) >= 11 is 1.72. The van der Waals surface area contributed by atoms with Gasteiger partial charge in [0.05, 0.1) is 0 Å². The van der Waals surface area contributed by atoms with Gasteiger partial charge in [0, 0.05) is 30.9 Å². The van der Waals surface area contributed by atoms with Crippen LogP contribution in [-0.4, -0.2) is 45.0 Å². The van der Waals surface area contributed by atoms with Gasteiger partial charge in [0.15, 0.2) is 0 Å². The molecule has 0 atom stereocenters. The minimum Gasteiger partial charge on any atom is -0.354 e. The molecule has 0 saturated heterocycles. The first-order chi connectivity index (χ1) is 10.4. The van der Waals surface area contributed by atoms with Gasteiger partial charge < -0.3 is 5.32 Å². The highest BCUT2D eigenvalue weighted by molar-refractivity contribution is 7.89. The van der Waals surface area contributed by atoms with E-state index in [-0.39, 0.29) is 5.41 Å². The van der Waals surface area contributed by atoms with E-state index in [1.54, 1.807) is 11.3 Å². The third kappa shape index (κ3) is 4.08. The number of carbonyl (C=O) groups excluding carboxylic acids is 1. The van der Waals surface area contributed by atoms with E-state index in [4.69, 9.17) is 0 Å². The maximum absolute atomic E-state index is 12.0. The molecule has 0 unspecified atom stereocenters. The molecule has 1 aliphatic rings. The summed E-state index contributed by atoms with van der Waals surface area (Å²) in [6.07, 6.45) is 5.64. The number of hydrogen-bond acceptors (Lipinski definition) is 4. The molecule has 124 valence electrons. The van der Waals surface area contributed by atoms with Crippen molar-refractivity contribution in [1.29, 1.82) is 0 Å². The van der Waals surface area contributed by atoms with Gasteiger partial charge in [-0.25, -0.2) is 12.7 Å². The normalized spacial score (nSPS) is 18.3. The largest absolute Gasteiger partial charge is 0.354 e. The Morgan fingerprint density at radius 3 is 2.55 bits per heavy atom. The minimum atomic E-state index is -3.50. The average Bonchev–Trinajstić information content (AvgIpc) is 3.00. The SMILES string of the molecule is CN(C)S(=O)(=O)CC(=O)NCC1(c2cccs2)CCCCC1. The molecule has 1 heterocycles. The summed E-state index contributed by atoms with van der Waals surface area (Å²) in [5.74, 6) is -0.907. The highest BCUT2D eigenvalue weighted by Gasteiger charge is 2.35. The minimum absolute atomic E-state index is 0.0239. The number of sulfonamides is 1. The van der Waals surface area contributed by atoms with Crippen molar-refractivity contribution in [2.24, 2.45) is 0 Å². The Morgan fingerprint density at radius 1 is 1.32 bits per heavy atom. The van der Waals surface area contributed by atoms with Gasteiger partial charge in [-0.2, -0.15) is 0 Å². The van der Waals surface area contributed by atoms with Gasteiger partial charge in [-0.1, -0.05) is 25.3 Å². The van der Waals surface area contributed by atoms with Gasteiger partial charge in [0.1, 0.15) is 5.75 Å². The molecular weight excluding hydrogens is 320 g/mol. The van der Waals surface area contributed by atoms with Gasteiger partial charge >= 0.3 is 0 Å². The molecule has 1 aromatic heterocycles. The van der Waals surface area contributed by atoms with E-state index in [0.717, 1.165) is 30.0 Å². The van der Waals surface area contributed by atoms with Crippen molar-refractivity contribution in [3.05, 3.63) is 22.4 Å². The topological polar surface area (TPSA) is 66.5 Å². The lowest BCUT2D eigenvalue weighted by atomic mass is 9.73. The van der Waals surface area contributed by atoms with Crippen LogP contribution in [0.5, 0.6) is 0 Å². The molecule has 2 rings (SSSR count). The Kier molecular flexibility index (Phi) is 5.63. The predicted octanol–water partition coefficient (Wildman–Crippen LogP) is 1.96. The highest BCUT2D eigenvalue weighted by atomic mass is 32.2. The third-order valence-corrected chi connectivity index (χ3v) is 7.20. The molecule has 1 saturated carbocycles. The highest BCUT2D eigenvalue weighted by Crippen LogP contribution is 2.41. The van der Waals surface area contributed by atoms with Gasteiger partial charge in [-0.05, 0) is 24.3 Å². The van der Waals surface area contributed by atoms with Crippen molar-refractivity contribution in [3.63, 3.8) is 0 Å². The maximum Gasteiger partial charge on any atom is 0.236 e. The second-order valence-electron chi connectivity index (χ2n) is 6.13. The second-order valence-corrected chi connectivity index (χ2v) is 9.26. The molecule has 0 spiro atoms. The fourth-order valence-electron chi connectivity index (χ4n) is 2.93. The number of thiophene rings is 1. The number of carbonyl (C=O) groups is 1. The van der Waals surface area contributed by atoms with Gasteiger partial charge in [0.2, 0.25) is 15.9 Å². The molecule has 1 aliphatic carbocycles. The van der Waals surface area contributed by atoms with Crippen LogP contribution in [0.2, 0.25) is 0 Å². The Labute approximate surface area is 136 Å². The van der Waals surface area contributed by atoms with E-state index < -0.39 is 21.7 Å². The molecule has 1 aromatic rings. The lowest BCUT2D eigenvalue weighted by Gasteiger charge is -2.36. The lowest BCUT2D eigenvalue weighted by Crippen LogP contribution is -2.44. The van der Waals surface area contributed by atoms with E-state index in [2.05, 4.69) is 16.8 Å². The maximum atomic E-state index is 12.0. The smallest absolute Gasteiger partial charge is 0.236 e. The molecule has 5 nitrogen and oxygen atoms in total. The molecule has 0 radical (unpaired) electrons. The first-order valence-electron chi connectivity index (χ1n) is 7.57. The molecule has 1 fully saturated rings. The zero-order valence-electron chi connectivity index (χ0n) is 13.2. The lowest BCUT2D eigenvalue weighted by molar-refractivity contribution is -0.119. The van der Waals surface area contributed by atoms with E-state index in [9.17, 15) is 13.2 Å². The second kappa shape index (κ2) is 7.10. The van der Waals surface area contributed by atoms with Crippen molar-refractivity contribution in [2.75, 3.05) is 26.4 Å². The quantitative estimate of drug-likeness (QED) is 0.858. The summed E-state index contributed by atoms with van der Waals surface area (Å²) in [6, 6.07) is 4.16. The van der Waals surface area contributed by atoms with Gasteiger partial charge in [0.25, 0.3) is 0 Å². The fraction of sp³-hybridized carbons (Fsp3) is 0.667. The van der Waals surface area contributed by atoms with Crippen LogP contribution in [0.15, 0.2) is 17.5 Å². The first kappa shape index (κ1) is 17.4. The van der Waals surface area contributed by atoms with Crippen LogP contribution in [0.1, 0.15) is 37.0 Å². The Hall–Kier alpha value is -0.920. The monoisotopic (exact) mass is 344 g/mol. The fourth-order valence-corrected chi connectivity index (χ4v) is 4.61. The predicted molar refractivity (Wildman–Crippen MR) is 89.6 cm³/mol. The molecule has 0 aliphatic heterocycles. The van der Waals surface area contributed by atoms with Crippen LogP contribution >= 0.6 is 11.3 Å². The summed E-state index contributed by atoms with van der Waals surface area (Å²) in [6.45, 7) is 0.523. The molecule has 22 heavy (non-hydrogen) atoms. The van der Waals surface area contributed by atoms with Crippen LogP contribution in [0, 0.1) is 0 Å². The molecular formula is C15H24N2O3S2. The number of amides is 1. The number of nitrogens with one attached hydrogen (secondary N) is 1. The number of nitrogens with zero attached hydrogens (tertiary/aromatic N) is 1. The number of hydrogen-bond donors (Lipinski definition) is 1. The van der Waals surface area contributed by atoms with Crippen LogP contribution < -0.4 is 5.32 Å². The molecule has 7 heteroatoms. The molecule has 0 bridgehead atoms. The summed E-state index contributed by atoms with van der Waals surface area (Å²) in [7, 11) is -0.617. The molecule has 1 N–H and O–H groups in total. The summed E-state index contributed by atoms with van der Waals surface area (Å²) in [5.41, 5.74) is -0.0239. The molecule has 0 aromatic carbocycles. The molecule has 1 amide bonds. The Balaban J connectivity index is 2.02. The van der Waals surface area contributed by atoms with Crippen molar-refractivity contribution in [2.45, 2.75) is 37.5 Å². The first-order valence-corrected chi connectivity index (χ1v) is 10.1. The zero-order chi connectivity index (χ0) is 16.2. The summed E-state index contributed by atoms with van der Waals surface area (Å²) in [4.78, 5) is 13.3. The van der Waals surface area contributed by atoms with Crippen molar-refractivity contribution in [1.82, 2.24) is 9.62 Å². The third-order valence-electron chi connectivity index (χ3n) is 4.35. The Morgan fingerprint density at radius 2 is 2.00 bits per heavy atom. The van der Waals surface area contributed by atoms with E-state index in [1.165, 1.54) is 25.4 Å². The Bertz CT molecular complexity index is 588. The van der Waals surface area contributed by atoms with Crippen molar-refractivity contribution >= 4 is 27.3 Å². The average molecular weight is 345 g/mol. The van der Waals surface area contributed by atoms with Crippen LogP contribution in [-0.2, 0) is 20.2 Å². The van der Waals surface area contributed by atoms with E-state index in [0.29, 0.717) is 6.54 Å². The van der Waals surface area contributed by atoms with Crippen LogP contribution in [0.4, 0.5) is 0 Å². The summed E-state index contributed by atoms with van der Waals surface area (Å²) < 4.78 is 24.6. The van der Waals surface area contributed by atoms with Gasteiger partial charge in [-0.3, -0.25) is 4.79 Å². The van der Waals surface area contributed by atoms with Crippen LogP contribution in [0.25, 0.3) is 0 Å². The number of rotatable bonds is 6. The van der Waals surface area contributed by atoms with E-state index >= 15 is 0 Å². The zero-order valence-corrected chi connectivity index (χ0v) is 14.8. The van der Waals surface area contributed by atoms with Gasteiger partial charge in [-0.15, -0.1) is 11.3 Å². The van der Waals surface area contributed by atoms with Crippen LogP contribution in [0.3, 0.4) is 0 Å². The summed E-state index contributed by atoms with van der Waals surface area (Å²) in [5, 5.41) is 4.91. The standard InChI is InChI=1S/C15H24N2O3S2/c1-17(2)22(19,20)11-14(18)16-12-15(8-4-3-5-9-15)13-7-6-10-21-13/h6-7,10H,3-5,8-9,11-12H2,1-2H3,(H,16,18). The van der Waals surface area contributed by atoms with Crippen molar-refractivity contribution in [3.8, 4) is 0 Å².